The van der Waals surface area contributed by atoms with Gasteiger partial charge in [-0.05, 0) is 48.9 Å². The number of carbonyl (C=O) groups excluding carboxylic acids is 2. The molecule has 2 rings (SSSR count). The van der Waals surface area contributed by atoms with Gasteiger partial charge in [-0.15, -0.1) is 17.0 Å². The minimum absolute atomic E-state index is 0. The second kappa shape index (κ2) is 11.9. The van der Waals surface area contributed by atoms with E-state index in [9.17, 15) is 14.0 Å². The number of rotatable bonds is 8. The fourth-order valence-corrected chi connectivity index (χ4v) is 3.30. The number of halogens is 2. The van der Waals surface area contributed by atoms with Crippen molar-refractivity contribution in [3.8, 4) is 0 Å². The minimum Gasteiger partial charge on any atom is -0.322 e. The summed E-state index contributed by atoms with van der Waals surface area (Å²) in [6, 6.07) is 5.48. The molecule has 0 aliphatic carbocycles. The highest BCUT2D eigenvalue weighted by molar-refractivity contribution is 8.93. The molecule has 0 saturated carbocycles. The summed E-state index contributed by atoms with van der Waals surface area (Å²) < 4.78 is 12.9. The molecule has 1 aliphatic heterocycles. The quantitative estimate of drug-likeness (QED) is 0.452. The first-order valence-electron chi connectivity index (χ1n) is 8.87. The molecule has 0 spiro atoms. The van der Waals surface area contributed by atoms with Crippen molar-refractivity contribution in [3.05, 3.63) is 41.1 Å². The number of aliphatic imine (C=N–C) groups is 1. The number of carbonyl (C=O) groups is 2. The summed E-state index contributed by atoms with van der Waals surface area (Å²) in [4.78, 5) is 31.3. The molecule has 1 aromatic carbocycles. The van der Waals surface area contributed by atoms with E-state index in [2.05, 4.69) is 24.2 Å². The largest absolute Gasteiger partial charge is 0.322 e. The van der Waals surface area contributed by atoms with Gasteiger partial charge < -0.3 is 5.32 Å². The van der Waals surface area contributed by atoms with Gasteiger partial charge in [0, 0.05) is 24.9 Å². The average Bonchev–Trinajstić information content (AvgIpc) is 2.90. The van der Waals surface area contributed by atoms with Gasteiger partial charge in [0.1, 0.15) is 5.82 Å². The van der Waals surface area contributed by atoms with E-state index in [4.69, 9.17) is 0 Å². The summed E-state index contributed by atoms with van der Waals surface area (Å²) >= 11 is 1.24. The Bertz CT molecular complexity index is 707. The monoisotopic (exact) mass is 457 g/mol. The Morgan fingerprint density at radius 2 is 1.89 bits per heavy atom. The third-order valence-corrected chi connectivity index (χ3v) is 4.80. The first kappa shape index (κ1) is 23.4. The number of hydrogen-bond donors (Lipinski definition) is 1. The van der Waals surface area contributed by atoms with Crippen LogP contribution in [-0.2, 0) is 9.59 Å². The van der Waals surface area contributed by atoms with Gasteiger partial charge in [0.05, 0.1) is 4.91 Å². The highest BCUT2D eigenvalue weighted by atomic mass is 79.9. The summed E-state index contributed by atoms with van der Waals surface area (Å²) in [6.07, 6.45) is 5.14. The predicted octanol–water partition coefficient (Wildman–Crippen LogP) is 4.76. The maximum Gasteiger partial charge on any atom is 0.266 e. The first-order valence-corrected chi connectivity index (χ1v) is 9.69. The van der Waals surface area contributed by atoms with Crippen molar-refractivity contribution >= 4 is 51.4 Å². The third kappa shape index (κ3) is 7.10. The molecule has 1 fully saturated rings. The number of unbranched alkanes of at least 4 members (excludes halogenated alkanes) is 2. The van der Waals surface area contributed by atoms with E-state index in [0.717, 1.165) is 25.7 Å². The summed E-state index contributed by atoms with van der Waals surface area (Å²) in [5.74, 6) is -0.979. The molecule has 5 nitrogen and oxygen atoms in total. The van der Waals surface area contributed by atoms with E-state index in [1.165, 1.54) is 42.1 Å². The summed E-state index contributed by atoms with van der Waals surface area (Å²) in [7, 11) is 0. The molecule has 1 saturated heterocycles. The SMILES string of the molecule is Br.CCCCN=C1S/C(=C\C(=O)Nc2ccc(F)cc2)C(=O)N1CCCC. The van der Waals surface area contributed by atoms with E-state index in [0.29, 0.717) is 28.8 Å². The molecule has 0 radical (unpaired) electrons. The van der Waals surface area contributed by atoms with E-state index in [-0.39, 0.29) is 28.7 Å². The molecule has 27 heavy (non-hydrogen) atoms. The number of nitrogens with zero attached hydrogens (tertiary/aromatic N) is 2. The Balaban J connectivity index is 0.00000364. The van der Waals surface area contributed by atoms with Gasteiger partial charge in [0.2, 0.25) is 5.91 Å². The van der Waals surface area contributed by atoms with E-state index in [1.807, 2.05) is 0 Å². The van der Waals surface area contributed by atoms with Crippen molar-refractivity contribution in [2.75, 3.05) is 18.4 Å². The van der Waals surface area contributed by atoms with Crippen molar-refractivity contribution < 1.29 is 14.0 Å². The van der Waals surface area contributed by atoms with Crippen LogP contribution in [0.15, 0.2) is 40.2 Å². The molecule has 2 amide bonds. The molecule has 1 aromatic rings. The fraction of sp³-hybridized carbons (Fsp3) is 0.421. The molecule has 0 aromatic heterocycles. The van der Waals surface area contributed by atoms with Crippen LogP contribution >= 0.6 is 28.7 Å². The van der Waals surface area contributed by atoms with E-state index >= 15 is 0 Å². The Hall–Kier alpha value is -1.67. The topological polar surface area (TPSA) is 61.8 Å². The predicted molar refractivity (Wildman–Crippen MR) is 115 cm³/mol. The molecule has 1 N–H and O–H groups in total. The van der Waals surface area contributed by atoms with Gasteiger partial charge in [-0.3, -0.25) is 19.5 Å². The maximum absolute atomic E-state index is 12.9. The van der Waals surface area contributed by atoms with E-state index in [1.54, 1.807) is 4.90 Å². The van der Waals surface area contributed by atoms with Crippen molar-refractivity contribution in [2.24, 2.45) is 4.99 Å². The average molecular weight is 458 g/mol. The molecule has 0 unspecified atom stereocenters. The standard InChI is InChI=1S/C19H24FN3O2S.BrH/c1-3-5-11-21-19-23(12-6-4-2)18(25)16(26-19)13-17(24)22-15-9-7-14(20)8-10-15;/h7-10,13H,3-6,11-12H2,1-2H3,(H,22,24);1H/b16-13-,21-19?;. The summed E-state index contributed by atoms with van der Waals surface area (Å²) in [6.45, 7) is 5.43. The van der Waals surface area contributed by atoms with Crippen LogP contribution in [0.4, 0.5) is 10.1 Å². The Labute approximate surface area is 174 Å². The Kier molecular flexibility index (Phi) is 10.3. The molecule has 0 bridgehead atoms. The zero-order valence-corrected chi connectivity index (χ0v) is 18.1. The molecule has 1 aliphatic rings. The van der Waals surface area contributed by atoms with Crippen molar-refractivity contribution in [3.63, 3.8) is 0 Å². The highest BCUT2D eigenvalue weighted by Crippen LogP contribution is 2.31. The Morgan fingerprint density at radius 3 is 2.52 bits per heavy atom. The number of benzene rings is 1. The molecule has 8 heteroatoms. The van der Waals surface area contributed by atoms with Crippen LogP contribution in [0, 0.1) is 5.82 Å². The minimum atomic E-state index is -0.419. The van der Waals surface area contributed by atoms with Crippen molar-refractivity contribution in [1.82, 2.24) is 4.90 Å². The number of nitrogens with one attached hydrogen (secondary N) is 1. The molecule has 0 atom stereocenters. The van der Waals surface area contributed by atoms with Crippen molar-refractivity contribution in [2.45, 2.75) is 39.5 Å². The maximum atomic E-state index is 12.9. The number of thioether (sulfide) groups is 1. The fourth-order valence-electron chi connectivity index (χ4n) is 2.30. The zero-order valence-electron chi connectivity index (χ0n) is 15.5. The third-order valence-electron chi connectivity index (χ3n) is 3.76. The highest BCUT2D eigenvalue weighted by Gasteiger charge is 2.33. The second-order valence-corrected chi connectivity index (χ2v) is 6.94. The van der Waals surface area contributed by atoms with Crippen LogP contribution in [0.2, 0.25) is 0 Å². The lowest BCUT2D eigenvalue weighted by Crippen LogP contribution is -2.30. The van der Waals surface area contributed by atoms with Crippen LogP contribution in [0.25, 0.3) is 0 Å². The number of amidine groups is 1. The van der Waals surface area contributed by atoms with Crippen LogP contribution < -0.4 is 5.32 Å². The van der Waals surface area contributed by atoms with Crippen LogP contribution in [-0.4, -0.2) is 35.0 Å². The Morgan fingerprint density at radius 1 is 1.22 bits per heavy atom. The summed E-state index contributed by atoms with van der Waals surface area (Å²) in [5, 5.41) is 3.30. The van der Waals surface area contributed by atoms with Gasteiger partial charge >= 0.3 is 0 Å². The number of amides is 2. The molecule has 148 valence electrons. The lowest BCUT2D eigenvalue weighted by molar-refractivity contribution is -0.122. The van der Waals surface area contributed by atoms with Gasteiger partial charge in [-0.2, -0.15) is 0 Å². The number of anilines is 1. The first-order chi connectivity index (χ1) is 12.5. The van der Waals surface area contributed by atoms with Crippen molar-refractivity contribution in [1.29, 1.82) is 0 Å². The van der Waals surface area contributed by atoms with Crippen LogP contribution in [0.3, 0.4) is 0 Å². The summed E-state index contributed by atoms with van der Waals surface area (Å²) in [5.41, 5.74) is 0.475. The lowest BCUT2D eigenvalue weighted by Gasteiger charge is -2.14. The number of hydrogen-bond acceptors (Lipinski definition) is 4. The van der Waals surface area contributed by atoms with Crippen LogP contribution in [0.5, 0.6) is 0 Å². The molecular weight excluding hydrogens is 433 g/mol. The van der Waals surface area contributed by atoms with Gasteiger partial charge in [-0.25, -0.2) is 4.39 Å². The molecule has 1 heterocycles. The molecular formula is C19H25BrFN3O2S. The smallest absolute Gasteiger partial charge is 0.266 e. The van der Waals surface area contributed by atoms with Crippen LogP contribution in [0.1, 0.15) is 39.5 Å². The van der Waals surface area contributed by atoms with Gasteiger partial charge in [-0.1, -0.05) is 26.7 Å². The zero-order chi connectivity index (χ0) is 18.9. The normalized spacial score (nSPS) is 16.7. The second-order valence-electron chi connectivity index (χ2n) is 5.93. The lowest BCUT2D eigenvalue weighted by atomic mass is 10.3. The van der Waals surface area contributed by atoms with E-state index < -0.39 is 5.91 Å². The van der Waals surface area contributed by atoms with Gasteiger partial charge in [0.25, 0.3) is 5.91 Å². The van der Waals surface area contributed by atoms with Gasteiger partial charge in [0.15, 0.2) is 5.17 Å².